The third-order valence-electron chi connectivity index (χ3n) is 3.65. The Balaban J connectivity index is 1.88. The maximum Gasteiger partial charge on any atom is 0.251 e. The summed E-state index contributed by atoms with van der Waals surface area (Å²) in [5.74, 6) is -0.122. The van der Waals surface area contributed by atoms with E-state index in [0.29, 0.717) is 18.5 Å². The van der Waals surface area contributed by atoms with Crippen molar-refractivity contribution in [2.24, 2.45) is 7.05 Å². The number of anilines is 1. The fourth-order valence-corrected chi connectivity index (χ4v) is 2.32. The summed E-state index contributed by atoms with van der Waals surface area (Å²) in [6.07, 6.45) is 1.80. The predicted octanol–water partition coefficient (Wildman–Crippen LogP) is 1.94. The highest BCUT2D eigenvalue weighted by Gasteiger charge is 2.12. The van der Waals surface area contributed by atoms with Gasteiger partial charge in [-0.05, 0) is 36.8 Å². The van der Waals surface area contributed by atoms with Crippen molar-refractivity contribution in [3.05, 3.63) is 53.9 Å². The molecule has 1 atom stereocenters. The minimum Gasteiger partial charge on any atom is -0.387 e. The normalized spacial score (nSPS) is 12.0. The van der Waals surface area contributed by atoms with Gasteiger partial charge >= 0.3 is 0 Å². The fraction of sp³-hybridized carbons (Fsp3) is 0.353. The summed E-state index contributed by atoms with van der Waals surface area (Å²) in [6, 6.07) is 11.2. The number of carbonyl (C=O) groups excluding carboxylic acids is 1. The fourth-order valence-electron chi connectivity index (χ4n) is 2.32. The number of aliphatic hydroxyl groups excluding tert-OH is 1. The van der Waals surface area contributed by atoms with E-state index in [0.717, 1.165) is 11.4 Å². The van der Waals surface area contributed by atoms with Gasteiger partial charge in [-0.15, -0.1) is 0 Å². The van der Waals surface area contributed by atoms with Crippen LogP contribution < -0.4 is 10.2 Å². The largest absolute Gasteiger partial charge is 0.387 e. The Morgan fingerprint density at radius 2 is 2.09 bits per heavy atom. The highest BCUT2D eigenvalue weighted by molar-refractivity contribution is 5.95. The van der Waals surface area contributed by atoms with E-state index in [2.05, 4.69) is 5.32 Å². The maximum absolute atomic E-state index is 12.1. The van der Waals surface area contributed by atoms with E-state index in [1.807, 2.05) is 67.1 Å². The summed E-state index contributed by atoms with van der Waals surface area (Å²) in [7, 11) is 5.77. The van der Waals surface area contributed by atoms with Crippen molar-refractivity contribution in [3.8, 4) is 0 Å². The Labute approximate surface area is 131 Å². The SMILES string of the molecule is CN(C)c1cccc(C(=O)NCCC(O)c2cccn2C)c1. The molecule has 1 amide bonds. The van der Waals surface area contributed by atoms with Crippen LogP contribution in [-0.4, -0.2) is 36.2 Å². The molecule has 1 unspecified atom stereocenters. The van der Waals surface area contributed by atoms with Crippen LogP contribution >= 0.6 is 0 Å². The van der Waals surface area contributed by atoms with Crippen LogP contribution in [0.5, 0.6) is 0 Å². The number of amides is 1. The first-order chi connectivity index (χ1) is 10.5. The summed E-state index contributed by atoms with van der Waals surface area (Å²) in [5.41, 5.74) is 2.46. The molecule has 0 aliphatic rings. The Morgan fingerprint density at radius 1 is 1.32 bits per heavy atom. The second-order valence-corrected chi connectivity index (χ2v) is 5.55. The van der Waals surface area contributed by atoms with Gasteiger partial charge in [0.25, 0.3) is 5.91 Å². The van der Waals surface area contributed by atoms with Crippen molar-refractivity contribution in [1.82, 2.24) is 9.88 Å². The third-order valence-corrected chi connectivity index (χ3v) is 3.65. The Hall–Kier alpha value is -2.27. The lowest BCUT2D eigenvalue weighted by Gasteiger charge is -2.14. The highest BCUT2D eigenvalue weighted by Crippen LogP contribution is 2.16. The van der Waals surface area contributed by atoms with Gasteiger partial charge in [0.05, 0.1) is 6.10 Å². The van der Waals surface area contributed by atoms with E-state index in [-0.39, 0.29) is 5.91 Å². The van der Waals surface area contributed by atoms with Crippen molar-refractivity contribution in [1.29, 1.82) is 0 Å². The number of hydrogen-bond donors (Lipinski definition) is 2. The molecule has 5 heteroatoms. The summed E-state index contributed by atoms with van der Waals surface area (Å²) in [5, 5.41) is 13.0. The van der Waals surface area contributed by atoms with E-state index < -0.39 is 6.10 Å². The lowest BCUT2D eigenvalue weighted by atomic mass is 10.1. The van der Waals surface area contributed by atoms with Crippen molar-refractivity contribution >= 4 is 11.6 Å². The van der Waals surface area contributed by atoms with Crippen LogP contribution in [0.2, 0.25) is 0 Å². The van der Waals surface area contributed by atoms with Gasteiger partial charge in [-0.25, -0.2) is 0 Å². The number of nitrogens with zero attached hydrogens (tertiary/aromatic N) is 2. The van der Waals surface area contributed by atoms with E-state index in [9.17, 15) is 9.90 Å². The first kappa shape index (κ1) is 16.1. The van der Waals surface area contributed by atoms with Gasteiger partial charge in [0.2, 0.25) is 0 Å². The smallest absolute Gasteiger partial charge is 0.251 e. The third kappa shape index (κ3) is 3.89. The number of carbonyl (C=O) groups is 1. The van der Waals surface area contributed by atoms with Gasteiger partial charge in [0.15, 0.2) is 0 Å². The quantitative estimate of drug-likeness (QED) is 0.857. The van der Waals surface area contributed by atoms with Crippen LogP contribution in [0.4, 0.5) is 5.69 Å². The maximum atomic E-state index is 12.1. The first-order valence-electron chi connectivity index (χ1n) is 7.34. The number of aryl methyl sites for hydroxylation is 1. The Kier molecular flexibility index (Phi) is 5.22. The van der Waals surface area contributed by atoms with Gasteiger partial charge < -0.3 is 19.9 Å². The molecule has 1 heterocycles. The second-order valence-electron chi connectivity index (χ2n) is 5.55. The van der Waals surface area contributed by atoms with Gasteiger partial charge in [0.1, 0.15) is 0 Å². The molecule has 1 aromatic heterocycles. The molecule has 2 N–H and O–H groups in total. The molecule has 2 rings (SSSR count). The van der Waals surface area contributed by atoms with Crippen LogP contribution in [0.1, 0.15) is 28.6 Å². The van der Waals surface area contributed by atoms with Crippen molar-refractivity contribution < 1.29 is 9.90 Å². The van der Waals surface area contributed by atoms with Gasteiger partial charge in [-0.2, -0.15) is 0 Å². The molecule has 0 fully saturated rings. The minimum atomic E-state index is -0.576. The molecule has 0 saturated carbocycles. The number of nitrogens with one attached hydrogen (secondary N) is 1. The standard InChI is InChI=1S/C17H23N3O2/c1-19(2)14-7-4-6-13(12-14)17(22)18-10-9-16(21)15-8-5-11-20(15)3/h4-8,11-12,16,21H,9-10H2,1-3H3,(H,18,22). The molecule has 0 radical (unpaired) electrons. The van der Waals surface area contributed by atoms with E-state index in [4.69, 9.17) is 0 Å². The summed E-state index contributed by atoms with van der Waals surface area (Å²) < 4.78 is 1.88. The molecule has 0 aliphatic heterocycles. The highest BCUT2D eigenvalue weighted by atomic mass is 16.3. The number of aromatic nitrogens is 1. The summed E-state index contributed by atoms with van der Waals surface area (Å²) in [6.45, 7) is 0.428. The lowest BCUT2D eigenvalue weighted by Crippen LogP contribution is -2.26. The zero-order valence-electron chi connectivity index (χ0n) is 13.3. The van der Waals surface area contributed by atoms with Crippen molar-refractivity contribution in [2.45, 2.75) is 12.5 Å². The van der Waals surface area contributed by atoms with Crippen LogP contribution in [0, 0.1) is 0 Å². The molecular weight excluding hydrogens is 278 g/mol. The van der Waals surface area contributed by atoms with Gasteiger partial charge in [0, 0.05) is 50.8 Å². The Morgan fingerprint density at radius 3 is 2.73 bits per heavy atom. The number of rotatable bonds is 6. The average Bonchev–Trinajstić information content (AvgIpc) is 2.93. The summed E-state index contributed by atoms with van der Waals surface area (Å²) >= 11 is 0. The molecule has 0 bridgehead atoms. The van der Waals surface area contributed by atoms with Crippen LogP contribution in [0.3, 0.4) is 0 Å². The van der Waals surface area contributed by atoms with Crippen LogP contribution in [0.25, 0.3) is 0 Å². The van der Waals surface area contributed by atoms with E-state index >= 15 is 0 Å². The van der Waals surface area contributed by atoms with Gasteiger partial charge in [-0.3, -0.25) is 4.79 Å². The van der Waals surface area contributed by atoms with E-state index in [1.165, 1.54) is 0 Å². The summed E-state index contributed by atoms with van der Waals surface area (Å²) in [4.78, 5) is 14.1. The zero-order chi connectivity index (χ0) is 16.1. The molecule has 0 spiro atoms. The molecule has 0 aliphatic carbocycles. The number of aliphatic hydroxyl groups is 1. The second kappa shape index (κ2) is 7.13. The molecule has 1 aromatic carbocycles. The molecule has 0 saturated heterocycles. The number of benzene rings is 1. The van der Waals surface area contributed by atoms with E-state index in [1.54, 1.807) is 6.07 Å². The molecule has 5 nitrogen and oxygen atoms in total. The number of hydrogen-bond acceptors (Lipinski definition) is 3. The topological polar surface area (TPSA) is 57.5 Å². The lowest BCUT2D eigenvalue weighted by molar-refractivity contribution is 0.0941. The van der Waals surface area contributed by atoms with Crippen LogP contribution in [0.15, 0.2) is 42.6 Å². The molecule has 118 valence electrons. The Bertz CT molecular complexity index is 634. The van der Waals surface area contributed by atoms with Gasteiger partial charge in [-0.1, -0.05) is 6.07 Å². The van der Waals surface area contributed by atoms with Crippen LogP contribution in [-0.2, 0) is 7.05 Å². The minimum absolute atomic E-state index is 0.122. The zero-order valence-corrected chi connectivity index (χ0v) is 13.3. The first-order valence-corrected chi connectivity index (χ1v) is 7.34. The predicted molar refractivity (Wildman–Crippen MR) is 88.1 cm³/mol. The monoisotopic (exact) mass is 301 g/mol. The van der Waals surface area contributed by atoms with Crippen molar-refractivity contribution in [3.63, 3.8) is 0 Å². The molecule has 2 aromatic rings. The van der Waals surface area contributed by atoms with Crippen molar-refractivity contribution in [2.75, 3.05) is 25.5 Å². The average molecular weight is 301 g/mol. The molecular formula is C17H23N3O2. The molecule has 22 heavy (non-hydrogen) atoms.